The SMILES string of the molecule is CC(=O)c1ccc(N2CCN(C(=O)COC(=O)C3(c4ccccc4F)CCCC3)CC2)c(F)c1. The van der Waals surface area contributed by atoms with Crippen molar-refractivity contribution in [3.05, 3.63) is 65.2 Å². The first kappa shape index (κ1) is 23.9. The molecule has 1 saturated heterocycles. The summed E-state index contributed by atoms with van der Waals surface area (Å²) in [5.41, 5.74) is -0.0197. The van der Waals surface area contributed by atoms with Crippen molar-refractivity contribution in [2.45, 2.75) is 38.0 Å². The van der Waals surface area contributed by atoms with Crippen LogP contribution in [0.25, 0.3) is 0 Å². The number of hydrogen-bond donors (Lipinski definition) is 0. The van der Waals surface area contributed by atoms with Crippen LogP contribution >= 0.6 is 0 Å². The number of benzene rings is 2. The molecule has 0 unspecified atom stereocenters. The average molecular weight is 471 g/mol. The minimum atomic E-state index is -1.05. The lowest BCUT2D eigenvalue weighted by molar-refractivity contribution is -0.157. The Morgan fingerprint density at radius 3 is 2.24 bits per heavy atom. The average Bonchev–Trinajstić information content (AvgIpc) is 3.33. The molecule has 1 aliphatic heterocycles. The lowest BCUT2D eigenvalue weighted by Crippen LogP contribution is -2.50. The molecule has 0 atom stereocenters. The van der Waals surface area contributed by atoms with Gasteiger partial charge in [-0.25, -0.2) is 8.78 Å². The molecule has 8 heteroatoms. The molecule has 180 valence electrons. The van der Waals surface area contributed by atoms with Gasteiger partial charge in [0.15, 0.2) is 12.4 Å². The standard InChI is InChI=1S/C26H28F2N2O4/c1-18(31)19-8-9-23(22(28)16-19)29-12-14-30(15-13-29)24(32)17-34-25(33)26(10-4-5-11-26)20-6-2-3-7-21(20)27/h2-3,6-9,16H,4-5,10-15,17H2,1H3. The number of hydrogen-bond acceptors (Lipinski definition) is 5. The zero-order valence-corrected chi connectivity index (χ0v) is 19.2. The first-order valence-electron chi connectivity index (χ1n) is 11.6. The fourth-order valence-corrected chi connectivity index (χ4v) is 4.95. The van der Waals surface area contributed by atoms with Crippen molar-refractivity contribution in [1.29, 1.82) is 0 Å². The van der Waals surface area contributed by atoms with Crippen molar-refractivity contribution in [3.63, 3.8) is 0 Å². The Morgan fingerprint density at radius 1 is 0.941 bits per heavy atom. The predicted octanol–water partition coefficient (Wildman–Crippen LogP) is 3.87. The van der Waals surface area contributed by atoms with Crippen LogP contribution < -0.4 is 4.90 Å². The maximum Gasteiger partial charge on any atom is 0.317 e. The van der Waals surface area contributed by atoms with E-state index in [4.69, 9.17) is 4.74 Å². The van der Waals surface area contributed by atoms with Crippen molar-refractivity contribution >= 4 is 23.3 Å². The first-order chi connectivity index (χ1) is 16.3. The summed E-state index contributed by atoms with van der Waals surface area (Å²) < 4.78 is 34.3. The summed E-state index contributed by atoms with van der Waals surface area (Å²) in [7, 11) is 0. The summed E-state index contributed by atoms with van der Waals surface area (Å²) in [4.78, 5) is 40.6. The molecule has 34 heavy (non-hydrogen) atoms. The Balaban J connectivity index is 1.34. The van der Waals surface area contributed by atoms with Crippen LogP contribution in [0.5, 0.6) is 0 Å². The van der Waals surface area contributed by atoms with Gasteiger partial charge in [0.25, 0.3) is 5.91 Å². The van der Waals surface area contributed by atoms with Crippen LogP contribution in [0.15, 0.2) is 42.5 Å². The molecule has 1 saturated carbocycles. The highest BCUT2D eigenvalue weighted by Crippen LogP contribution is 2.43. The first-order valence-corrected chi connectivity index (χ1v) is 11.6. The van der Waals surface area contributed by atoms with Gasteiger partial charge in [-0.3, -0.25) is 14.4 Å². The van der Waals surface area contributed by atoms with Crippen molar-refractivity contribution in [1.82, 2.24) is 4.90 Å². The minimum absolute atomic E-state index is 0.204. The second-order valence-corrected chi connectivity index (χ2v) is 8.94. The van der Waals surface area contributed by atoms with E-state index in [0.717, 1.165) is 12.8 Å². The summed E-state index contributed by atoms with van der Waals surface area (Å²) in [5, 5.41) is 0. The lowest BCUT2D eigenvalue weighted by atomic mass is 9.78. The molecule has 2 aromatic rings. The van der Waals surface area contributed by atoms with E-state index in [1.807, 2.05) is 4.90 Å². The number of amides is 1. The third kappa shape index (κ3) is 4.67. The number of carbonyl (C=O) groups excluding carboxylic acids is 3. The number of esters is 1. The Bertz CT molecular complexity index is 1090. The van der Waals surface area contributed by atoms with E-state index in [2.05, 4.69) is 0 Å². The summed E-state index contributed by atoms with van der Waals surface area (Å²) in [6.45, 7) is 2.50. The molecule has 4 rings (SSSR count). The van der Waals surface area contributed by atoms with E-state index < -0.39 is 29.6 Å². The predicted molar refractivity (Wildman–Crippen MR) is 123 cm³/mol. The zero-order valence-electron chi connectivity index (χ0n) is 19.2. The van der Waals surface area contributed by atoms with Gasteiger partial charge in [0.2, 0.25) is 0 Å². The van der Waals surface area contributed by atoms with Crippen LogP contribution in [0.4, 0.5) is 14.5 Å². The largest absolute Gasteiger partial charge is 0.455 e. The molecule has 6 nitrogen and oxygen atoms in total. The van der Waals surface area contributed by atoms with E-state index in [1.54, 1.807) is 35.2 Å². The molecular formula is C26H28F2N2O4. The van der Waals surface area contributed by atoms with Gasteiger partial charge in [0.1, 0.15) is 11.6 Å². The molecule has 1 heterocycles. The van der Waals surface area contributed by atoms with Crippen LogP contribution in [0.2, 0.25) is 0 Å². The maximum atomic E-state index is 14.5. The fraction of sp³-hybridized carbons (Fsp3) is 0.423. The number of nitrogens with zero attached hydrogens (tertiary/aromatic N) is 2. The van der Waals surface area contributed by atoms with Crippen LogP contribution in [0.3, 0.4) is 0 Å². The number of anilines is 1. The number of carbonyl (C=O) groups is 3. The number of ketones is 1. The van der Waals surface area contributed by atoms with E-state index in [1.165, 1.54) is 19.1 Å². The number of rotatable bonds is 6. The molecule has 0 radical (unpaired) electrons. The summed E-state index contributed by atoms with van der Waals surface area (Å²) in [6, 6.07) is 10.6. The van der Waals surface area contributed by atoms with Crippen molar-refractivity contribution in [2.75, 3.05) is 37.7 Å². The zero-order chi connectivity index (χ0) is 24.3. The van der Waals surface area contributed by atoms with Crippen LogP contribution in [0, 0.1) is 11.6 Å². The molecule has 2 aliphatic rings. The Morgan fingerprint density at radius 2 is 1.62 bits per heavy atom. The smallest absolute Gasteiger partial charge is 0.317 e. The molecule has 1 aliphatic carbocycles. The van der Waals surface area contributed by atoms with E-state index >= 15 is 0 Å². The van der Waals surface area contributed by atoms with Crippen molar-refractivity contribution < 1.29 is 27.9 Å². The normalized spacial score (nSPS) is 17.5. The highest BCUT2D eigenvalue weighted by atomic mass is 19.1. The van der Waals surface area contributed by atoms with Gasteiger partial charge in [-0.15, -0.1) is 0 Å². The molecule has 0 N–H and O–H groups in total. The quantitative estimate of drug-likeness (QED) is 0.474. The Kier molecular flexibility index (Phi) is 6.95. The van der Waals surface area contributed by atoms with Crippen molar-refractivity contribution in [2.24, 2.45) is 0 Å². The van der Waals surface area contributed by atoms with Gasteiger partial charge in [-0.2, -0.15) is 0 Å². The highest BCUT2D eigenvalue weighted by molar-refractivity contribution is 5.94. The van der Waals surface area contributed by atoms with Gasteiger partial charge < -0.3 is 14.5 Å². The molecule has 0 spiro atoms. The van der Waals surface area contributed by atoms with E-state index in [9.17, 15) is 23.2 Å². The minimum Gasteiger partial charge on any atom is -0.455 e. The van der Waals surface area contributed by atoms with Gasteiger partial charge in [-0.1, -0.05) is 31.0 Å². The van der Waals surface area contributed by atoms with Gasteiger partial charge in [0.05, 0.1) is 11.1 Å². The molecule has 0 bridgehead atoms. The second-order valence-electron chi connectivity index (χ2n) is 8.94. The molecular weight excluding hydrogens is 442 g/mol. The number of piperazine rings is 1. The lowest BCUT2D eigenvalue weighted by Gasteiger charge is -2.36. The van der Waals surface area contributed by atoms with E-state index in [0.29, 0.717) is 55.8 Å². The van der Waals surface area contributed by atoms with Crippen LogP contribution in [0.1, 0.15) is 48.5 Å². The second kappa shape index (κ2) is 9.91. The Hall–Kier alpha value is -3.29. The Labute approximate surface area is 197 Å². The van der Waals surface area contributed by atoms with Crippen molar-refractivity contribution in [3.8, 4) is 0 Å². The summed E-state index contributed by atoms with van der Waals surface area (Å²) >= 11 is 0. The maximum absolute atomic E-state index is 14.5. The molecule has 2 fully saturated rings. The summed E-state index contributed by atoms with van der Waals surface area (Å²) in [6.07, 6.45) is 2.58. The number of Topliss-reactive ketones (excluding diaryl/α,β-unsaturated/α-hetero) is 1. The third-order valence-electron chi connectivity index (χ3n) is 6.89. The third-order valence-corrected chi connectivity index (χ3v) is 6.89. The fourth-order valence-electron chi connectivity index (χ4n) is 4.95. The highest BCUT2D eigenvalue weighted by Gasteiger charge is 2.46. The van der Waals surface area contributed by atoms with Gasteiger partial charge in [0, 0.05) is 37.3 Å². The number of ether oxygens (including phenoxy) is 1. The van der Waals surface area contributed by atoms with Crippen LogP contribution in [-0.4, -0.2) is 55.3 Å². The molecule has 2 aromatic carbocycles. The molecule has 0 aromatic heterocycles. The monoisotopic (exact) mass is 470 g/mol. The summed E-state index contributed by atoms with van der Waals surface area (Å²) in [5.74, 6) is -2.01. The number of halogens is 2. The van der Waals surface area contributed by atoms with Gasteiger partial charge >= 0.3 is 5.97 Å². The topological polar surface area (TPSA) is 66.9 Å². The van der Waals surface area contributed by atoms with Gasteiger partial charge in [-0.05, 0) is 44.0 Å². The van der Waals surface area contributed by atoms with Crippen LogP contribution in [-0.2, 0) is 19.7 Å². The van der Waals surface area contributed by atoms with E-state index in [-0.39, 0.29) is 11.7 Å². The molecule has 1 amide bonds.